The molecule has 33 heavy (non-hydrogen) atoms. The first-order valence-corrected chi connectivity index (χ1v) is 11.9. The number of rotatable bonds is 7. The summed E-state index contributed by atoms with van der Waals surface area (Å²) in [6.07, 6.45) is 2.27. The highest BCUT2D eigenvalue weighted by Crippen LogP contribution is 2.47. The summed E-state index contributed by atoms with van der Waals surface area (Å²) < 4.78 is 15.3. The van der Waals surface area contributed by atoms with Gasteiger partial charge in [0, 0.05) is 0 Å². The summed E-state index contributed by atoms with van der Waals surface area (Å²) in [5, 5.41) is 14.7. The molecule has 9 heteroatoms. The van der Waals surface area contributed by atoms with Gasteiger partial charge >= 0.3 is 18.2 Å². The number of esters is 1. The van der Waals surface area contributed by atoms with Crippen LogP contribution in [0.15, 0.2) is 0 Å². The fraction of sp³-hybridized carbons (Fsp3) is 0.875. The Balaban J connectivity index is 0.000000335. The number of nitrogens with one attached hydrogen (secondary N) is 2. The quantitative estimate of drug-likeness (QED) is 0.379. The van der Waals surface area contributed by atoms with Crippen molar-refractivity contribution in [2.45, 2.75) is 110 Å². The van der Waals surface area contributed by atoms with Gasteiger partial charge < -0.3 is 30.0 Å². The van der Waals surface area contributed by atoms with E-state index >= 15 is 0 Å². The number of aliphatic hydroxyl groups is 1. The monoisotopic (exact) mass is 472 g/mol. The van der Waals surface area contributed by atoms with E-state index in [1.165, 1.54) is 0 Å². The van der Waals surface area contributed by atoms with E-state index in [9.17, 15) is 19.5 Å². The lowest BCUT2D eigenvalue weighted by atomic mass is 10.1. The van der Waals surface area contributed by atoms with Gasteiger partial charge in [-0.25, -0.2) is 14.4 Å². The van der Waals surface area contributed by atoms with Crippen LogP contribution in [0, 0.1) is 11.8 Å². The average Bonchev–Trinajstić information content (AvgIpc) is 3.54. The maximum absolute atomic E-state index is 11.9. The summed E-state index contributed by atoms with van der Waals surface area (Å²) in [6.45, 7) is 16.9. The SMILES string of the molecule is CCOC(=O)[C@]1(NC(=O)OC(C)(C)C)C[C@H]1CC.CC[C@@H]1C[C@]1(CO)NC(=O)OC(C)(C)C. The molecule has 0 bridgehead atoms. The van der Waals surface area contributed by atoms with Crippen LogP contribution >= 0.6 is 0 Å². The molecule has 4 atom stereocenters. The molecule has 2 aliphatic carbocycles. The van der Waals surface area contributed by atoms with E-state index in [4.69, 9.17) is 14.2 Å². The Kier molecular flexibility index (Phi) is 9.61. The minimum absolute atomic E-state index is 0.00918. The van der Waals surface area contributed by atoms with Gasteiger partial charge in [-0.1, -0.05) is 26.7 Å². The second-order valence-corrected chi connectivity index (χ2v) is 10.9. The maximum Gasteiger partial charge on any atom is 0.408 e. The summed E-state index contributed by atoms with van der Waals surface area (Å²) in [6, 6.07) is 0. The zero-order chi connectivity index (χ0) is 25.7. The molecular weight excluding hydrogens is 428 g/mol. The molecule has 2 amide bonds. The normalized spacial score (nSPS) is 27.9. The van der Waals surface area contributed by atoms with Gasteiger partial charge in [0.05, 0.1) is 18.8 Å². The zero-order valence-electron chi connectivity index (χ0n) is 21.8. The number of hydrogen-bond donors (Lipinski definition) is 3. The van der Waals surface area contributed by atoms with Gasteiger partial charge in [0.2, 0.25) is 0 Å². The molecule has 0 aliphatic heterocycles. The smallest absolute Gasteiger partial charge is 0.408 e. The van der Waals surface area contributed by atoms with Crippen LogP contribution in [-0.2, 0) is 19.0 Å². The number of aliphatic hydroxyl groups excluding tert-OH is 1. The van der Waals surface area contributed by atoms with Gasteiger partial charge in [-0.3, -0.25) is 0 Å². The van der Waals surface area contributed by atoms with E-state index in [2.05, 4.69) is 17.6 Å². The Morgan fingerprint density at radius 2 is 1.33 bits per heavy atom. The number of hydrogen-bond acceptors (Lipinski definition) is 7. The lowest BCUT2D eigenvalue weighted by molar-refractivity contribution is -0.147. The van der Waals surface area contributed by atoms with Crippen molar-refractivity contribution in [1.82, 2.24) is 10.6 Å². The molecule has 0 radical (unpaired) electrons. The second kappa shape index (κ2) is 10.9. The van der Waals surface area contributed by atoms with Crippen molar-refractivity contribution in [3.8, 4) is 0 Å². The van der Waals surface area contributed by atoms with Gasteiger partial charge in [-0.2, -0.15) is 0 Å². The third kappa shape index (κ3) is 8.68. The highest BCUT2D eigenvalue weighted by Gasteiger charge is 2.62. The molecule has 2 saturated carbocycles. The Morgan fingerprint density at radius 3 is 1.67 bits per heavy atom. The Hall–Kier alpha value is -2.03. The molecular formula is C24H44N2O7. The fourth-order valence-electron chi connectivity index (χ4n) is 3.83. The Morgan fingerprint density at radius 1 is 0.848 bits per heavy atom. The van der Waals surface area contributed by atoms with E-state index < -0.39 is 34.5 Å². The van der Waals surface area contributed by atoms with Crippen LogP contribution in [0.5, 0.6) is 0 Å². The van der Waals surface area contributed by atoms with Crippen LogP contribution in [0.25, 0.3) is 0 Å². The molecule has 2 fully saturated rings. The molecule has 2 aliphatic rings. The van der Waals surface area contributed by atoms with Gasteiger partial charge in [-0.15, -0.1) is 0 Å². The molecule has 0 spiro atoms. The fourth-order valence-corrected chi connectivity index (χ4v) is 3.83. The van der Waals surface area contributed by atoms with E-state index in [-0.39, 0.29) is 18.5 Å². The van der Waals surface area contributed by atoms with Crippen molar-refractivity contribution in [3.63, 3.8) is 0 Å². The molecule has 9 nitrogen and oxygen atoms in total. The van der Waals surface area contributed by atoms with Gasteiger partial charge in [-0.05, 0) is 73.1 Å². The summed E-state index contributed by atoms with van der Waals surface area (Å²) >= 11 is 0. The highest BCUT2D eigenvalue weighted by atomic mass is 16.6. The van der Waals surface area contributed by atoms with Gasteiger partial charge in [0.1, 0.15) is 16.7 Å². The number of carbonyl (C=O) groups is 3. The Bertz CT molecular complexity index is 698. The summed E-state index contributed by atoms with van der Waals surface area (Å²) in [5.41, 5.74) is -2.35. The van der Waals surface area contributed by atoms with Crippen molar-refractivity contribution in [1.29, 1.82) is 0 Å². The lowest BCUT2D eigenvalue weighted by Gasteiger charge is -2.23. The summed E-state index contributed by atoms with van der Waals surface area (Å²) in [5.74, 6) is 0.168. The van der Waals surface area contributed by atoms with E-state index in [0.29, 0.717) is 18.9 Å². The van der Waals surface area contributed by atoms with Gasteiger partial charge in [0.15, 0.2) is 0 Å². The zero-order valence-corrected chi connectivity index (χ0v) is 21.8. The molecule has 0 aromatic heterocycles. The largest absolute Gasteiger partial charge is 0.464 e. The van der Waals surface area contributed by atoms with E-state index in [0.717, 1.165) is 19.3 Å². The first kappa shape index (κ1) is 29.0. The summed E-state index contributed by atoms with van der Waals surface area (Å²) in [4.78, 5) is 35.1. The van der Waals surface area contributed by atoms with Crippen molar-refractivity contribution in [3.05, 3.63) is 0 Å². The first-order chi connectivity index (χ1) is 15.1. The highest BCUT2D eigenvalue weighted by molar-refractivity contribution is 5.89. The predicted octanol–water partition coefficient (Wildman–Crippen LogP) is 3.92. The Labute approximate surface area is 198 Å². The number of carbonyl (C=O) groups excluding carboxylic acids is 3. The third-order valence-electron chi connectivity index (χ3n) is 5.72. The molecule has 192 valence electrons. The van der Waals surface area contributed by atoms with Crippen molar-refractivity contribution < 1.29 is 33.7 Å². The lowest BCUT2D eigenvalue weighted by Crippen LogP contribution is -2.47. The average molecular weight is 473 g/mol. The van der Waals surface area contributed by atoms with Crippen LogP contribution in [0.3, 0.4) is 0 Å². The standard InChI is InChI=1S/C13H23NO4.C11H21NO3/c1-6-9-8-13(9,10(15)17-7-2)14-11(16)18-12(3,4)5;1-5-8-6-11(8,7-13)12-9(14)15-10(2,3)4/h9H,6-8H2,1-5H3,(H,14,16);8,13H,5-7H2,1-4H3,(H,12,14)/t9-,13+;8-,11-/m11/s1. The summed E-state index contributed by atoms with van der Waals surface area (Å²) in [7, 11) is 0. The number of amides is 2. The van der Waals surface area contributed by atoms with Crippen molar-refractivity contribution in [2.24, 2.45) is 11.8 Å². The molecule has 0 unspecified atom stereocenters. The van der Waals surface area contributed by atoms with E-state index in [1.54, 1.807) is 27.7 Å². The minimum Gasteiger partial charge on any atom is -0.464 e. The van der Waals surface area contributed by atoms with Crippen LogP contribution in [-0.4, -0.2) is 58.8 Å². The van der Waals surface area contributed by atoms with Gasteiger partial charge in [0.25, 0.3) is 0 Å². The minimum atomic E-state index is -0.868. The molecule has 0 aromatic rings. The topological polar surface area (TPSA) is 123 Å². The van der Waals surface area contributed by atoms with Crippen LogP contribution < -0.4 is 10.6 Å². The predicted molar refractivity (Wildman–Crippen MR) is 125 cm³/mol. The van der Waals surface area contributed by atoms with Crippen molar-refractivity contribution in [2.75, 3.05) is 13.2 Å². The molecule has 2 rings (SSSR count). The number of alkyl carbamates (subject to hydrolysis) is 2. The van der Waals surface area contributed by atoms with Crippen LogP contribution in [0.1, 0.15) is 88.0 Å². The maximum atomic E-state index is 11.9. The van der Waals surface area contributed by atoms with Crippen molar-refractivity contribution >= 4 is 18.2 Å². The molecule has 0 saturated heterocycles. The first-order valence-electron chi connectivity index (χ1n) is 11.9. The van der Waals surface area contributed by atoms with Crippen LogP contribution in [0.2, 0.25) is 0 Å². The molecule has 3 N–H and O–H groups in total. The number of ether oxygens (including phenoxy) is 3. The molecule has 0 aromatic carbocycles. The molecule has 0 heterocycles. The van der Waals surface area contributed by atoms with E-state index in [1.807, 2.05) is 27.7 Å². The van der Waals surface area contributed by atoms with Crippen LogP contribution in [0.4, 0.5) is 9.59 Å². The second-order valence-electron chi connectivity index (χ2n) is 10.9. The third-order valence-corrected chi connectivity index (χ3v) is 5.72.